The SMILES string of the molecule is COC(=O)CCCSSC1CC1. The van der Waals surface area contributed by atoms with Crippen molar-refractivity contribution in [3.63, 3.8) is 0 Å². The van der Waals surface area contributed by atoms with Crippen molar-refractivity contribution in [2.75, 3.05) is 12.9 Å². The standard InChI is InChI=1S/C8H14O2S2/c1-10-8(9)3-2-6-11-12-7-4-5-7/h7H,2-6H2,1H3. The van der Waals surface area contributed by atoms with Crippen LogP contribution in [0.5, 0.6) is 0 Å². The summed E-state index contributed by atoms with van der Waals surface area (Å²) in [6, 6.07) is 0. The van der Waals surface area contributed by atoms with Crippen molar-refractivity contribution in [2.24, 2.45) is 0 Å². The molecule has 4 heteroatoms. The lowest BCUT2D eigenvalue weighted by Gasteiger charge is -1.98. The fourth-order valence-corrected chi connectivity index (χ4v) is 3.36. The minimum atomic E-state index is -0.0907. The first-order valence-corrected chi connectivity index (χ1v) is 6.56. The van der Waals surface area contributed by atoms with E-state index in [4.69, 9.17) is 0 Å². The van der Waals surface area contributed by atoms with Gasteiger partial charge in [0.15, 0.2) is 0 Å². The Hall–Kier alpha value is 0.170. The van der Waals surface area contributed by atoms with Crippen molar-refractivity contribution in [1.29, 1.82) is 0 Å². The van der Waals surface area contributed by atoms with Gasteiger partial charge in [-0.2, -0.15) is 0 Å². The van der Waals surface area contributed by atoms with Crippen molar-refractivity contribution < 1.29 is 9.53 Å². The molecule has 0 unspecified atom stereocenters. The first-order valence-electron chi connectivity index (χ1n) is 4.18. The molecule has 0 aromatic rings. The third-order valence-corrected chi connectivity index (χ3v) is 4.62. The number of carbonyl (C=O) groups is 1. The highest BCUT2D eigenvalue weighted by Crippen LogP contribution is 2.41. The Kier molecular flexibility index (Phi) is 4.92. The minimum absolute atomic E-state index is 0.0907. The van der Waals surface area contributed by atoms with E-state index >= 15 is 0 Å². The average molecular weight is 206 g/mol. The molecule has 0 aromatic carbocycles. The largest absolute Gasteiger partial charge is 0.469 e. The predicted octanol–water partition coefficient (Wildman–Crippen LogP) is 2.48. The minimum Gasteiger partial charge on any atom is -0.469 e. The Morgan fingerprint density at radius 1 is 1.58 bits per heavy atom. The zero-order chi connectivity index (χ0) is 8.81. The Bertz CT molecular complexity index is 146. The molecule has 0 heterocycles. The summed E-state index contributed by atoms with van der Waals surface area (Å²) in [5, 5.41) is 0.910. The lowest BCUT2D eigenvalue weighted by Crippen LogP contribution is -1.99. The van der Waals surface area contributed by atoms with Gasteiger partial charge in [-0.05, 0) is 19.3 Å². The van der Waals surface area contributed by atoms with Gasteiger partial charge in [-0.15, -0.1) is 0 Å². The quantitative estimate of drug-likeness (QED) is 0.379. The number of rotatable bonds is 6. The maximum Gasteiger partial charge on any atom is 0.305 e. The topological polar surface area (TPSA) is 26.3 Å². The van der Waals surface area contributed by atoms with Gasteiger partial charge in [0.05, 0.1) is 7.11 Å². The molecule has 0 spiro atoms. The van der Waals surface area contributed by atoms with E-state index in [1.54, 1.807) is 0 Å². The first-order chi connectivity index (χ1) is 5.83. The Balaban J connectivity index is 1.78. The second kappa shape index (κ2) is 5.75. The molecule has 0 aliphatic heterocycles. The molecule has 12 heavy (non-hydrogen) atoms. The van der Waals surface area contributed by atoms with Crippen molar-refractivity contribution in [2.45, 2.75) is 30.9 Å². The van der Waals surface area contributed by atoms with Crippen LogP contribution in [0.2, 0.25) is 0 Å². The molecule has 0 atom stereocenters. The van der Waals surface area contributed by atoms with Crippen LogP contribution in [-0.2, 0) is 9.53 Å². The van der Waals surface area contributed by atoms with Crippen LogP contribution >= 0.6 is 21.6 Å². The van der Waals surface area contributed by atoms with Crippen molar-refractivity contribution in [1.82, 2.24) is 0 Å². The van der Waals surface area contributed by atoms with E-state index in [0.717, 1.165) is 17.4 Å². The maximum atomic E-state index is 10.7. The summed E-state index contributed by atoms with van der Waals surface area (Å²) in [4.78, 5) is 10.7. The van der Waals surface area contributed by atoms with Crippen molar-refractivity contribution in [3.05, 3.63) is 0 Å². The lowest BCUT2D eigenvalue weighted by molar-refractivity contribution is -0.140. The normalized spacial score (nSPS) is 16.1. The van der Waals surface area contributed by atoms with Crippen LogP contribution in [0.4, 0.5) is 0 Å². The van der Waals surface area contributed by atoms with Crippen LogP contribution < -0.4 is 0 Å². The third-order valence-electron chi connectivity index (χ3n) is 1.56. The molecule has 0 amide bonds. The molecule has 1 aliphatic rings. The number of hydrogen-bond donors (Lipinski definition) is 0. The number of carbonyl (C=O) groups excluding carboxylic acids is 1. The smallest absolute Gasteiger partial charge is 0.305 e. The second-order valence-corrected chi connectivity index (χ2v) is 5.58. The number of ether oxygens (including phenoxy) is 1. The fourth-order valence-electron chi connectivity index (χ4n) is 0.686. The summed E-state index contributed by atoms with van der Waals surface area (Å²) in [5.41, 5.74) is 0. The molecule has 0 aromatic heterocycles. The zero-order valence-electron chi connectivity index (χ0n) is 7.25. The van der Waals surface area contributed by atoms with Gasteiger partial charge in [-0.3, -0.25) is 4.79 Å². The molecule has 1 saturated carbocycles. The van der Waals surface area contributed by atoms with Crippen LogP contribution in [0.1, 0.15) is 25.7 Å². The monoisotopic (exact) mass is 206 g/mol. The summed E-state index contributed by atoms with van der Waals surface area (Å²) in [6.07, 6.45) is 4.27. The Morgan fingerprint density at radius 2 is 2.33 bits per heavy atom. The molecule has 2 nitrogen and oxygen atoms in total. The molecule has 70 valence electrons. The van der Waals surface area contributed by atoms with Gasteiger partial charge in [-0.1, -0.05) is 21.6 Å². The second-order valence-electron chi connectivity index (χ2n) is 2.80. The first kappa shape index (κ1) is 10.3. The van der Waals surface area contributed by atoms with Gasteiger partial charge in [0, 0.05) is 17.4 Å². The summed E-state index contributed by atoms with van der Waals surface area (Å²) < 4.78 is 4.54. The van der Waals surface area contributed by atoms with Crippen molar-refractivity contribution >= 4 is 27.6 Å². The highest BCUT2D eigenvalue weighted by molar-refractivity contribution is 8.77. The maximum absolute atomic E-state index is 10.7. The molecule has 1 fully saturated rings. The predicted molar refractivity (Wildman–Crippen MR) is 54.3 cm³/mol. The van der Waals surface area contributed by atoms with Gasteiger partial charge >= 0.3 is 5.97 Å². The van der Waals surface area contributed by atoms with E-state index in [-0.39, 0.29) is 5.97 Å². The van der Waals surface area contributed by atoms with E-state index in [2.05, 4.69) is 4.74 Å². The fraction of sp³-hybridized carbons (Fsp3) is 0.875. The summed E-state index contributed by atoms with van der Waals surface area (Å²) >= 11 is 0. The summed E-state index contributed by atoms with van der Waals surface area (Å²) in [6.45, 7) is 0. The van der Waals surface area contributed by atoms with Gasteiger partial charge in [-0.25, -0.2) is 0 Å². The van der Waals surface area contributed by atoms with Crippen LogP contribution in [0.25, 0.3) is 0 Å². The van der Waals surface area contributed by atoms with Gasteiger partial charge in [0.2, 0.25) is 0 Å². The van der Waals surface area contributed by atoms with Crippen LogP contribution in [0.15, 0.2) is 0 Å². The average Bonchev–Trinajstić information content (AvgIpc) is 2.87. The van der Waals surface area contributed by atoms with Gasteiger partial charge < -0.3 is 4.74 Å². The van der Waals surface area contributed by atoms with E-state index in [1.165, 1.54) is 20.0 Å². The number of esters is 1. The number of methoxy groups -OCH3 is 1. The highest BCUT2D eigenvalue weighted by atomic mass is 33.1. The molecule has 0 saturated heterocycles. The van der Waals surface area contributed by atoms with E-state index in [9.17, 15) is 4.79 Å². The summed E-state index contributed by atoms with van der Waals surface area (Å²) in [5.74, 6) is 0.975. The highest BCUT2D eigenvalue weighted by Gasteiger charge is 2.21. The molecule has 0 N–H and O–H groups in total. The zero-order valence-corrected chi connectivity index (χ0v) is 8.88. The molecule has 0 bridgehead atoms. The Morgan fingerprint density at radius 3 is 2.92 bits per heavy atom. The number of hydrogen-bond acceptors (Lipinski definition) is 4. The third kappa shape index (κ3) is 4.93. The Labute approximate surface area is 81.2 Å². The van der Waals surface area contributed by atoms with E-state index in [0.29, 0.717) is 6.42 Å². The van der Waals surface area contributed by atoms with Crippen LogP contribution in [-0.4, -0.2) is 24.1 Å². The lowest BCUT2D eigenvalue weighted by atomic mass is 10.3. The van der Waals surface area contributed by atoms with E-state index in [1.807, 2.05) is 21.6 Å². The van der Waals surface area contributed by atoms with E-state index < -0.39 is 0 Å². The van der Waals surface area contributed by atoms with Gasteiger partial charge in [0.1, 0.15) is 0 Å². The molecule has 1 rings (SSSR count). The van der Waals surface area contributed by atoms with Crippen LogP contribution in [0, 0.1) is 0 Å². The molecule has 0 radical (unpaired) electrons. The van der Waals surface area contributed by atoms with Crippen molar-refractivity contribution in [3.8, 4) is 0 Å². The van der Waals surface area contributed by atoms with Gasteiger partial charge in [0.25, 0.3) is 0 Å². The molecular formula is C8H14O2S2. The van der Waals surface area contributed by atoms with Crippen LogP contribution in [0.3, 0.4) is 0 Å². The molecule has 1 aliphatic carbocycles. The molecular weight excluding hydrogens is 192 g/mol. The summed E-state index contributed by atoms with van der Waals surface area (Å²) in [7, 11) is 5.29.